The number of hydrogen-bond donors (Lipinski definition) is 1. The number of carbonyl (C=O) groups is 1. The Bertz CT molecular complexity index is 1350. The quantitative estimate of drug-likeness (QED) is 0.340. The van der Waals surface area contributed by atoms with Crippen molar-refractivity contribution in [1.82, 2.24) is 15.0 Å². The molecule has 0 unspecified atom stereocenters. The molecule has 0 spiro atoms. The van der Waals surface area contributed by atoms with Gasteiger partial charge in [0.05, 0.1) is 13.2 Å². The minimum absolute atomic E-state index is 0.0125. The predicted octanol–water partition coefficient (Wildman–Crippen LogP) is 5.60. The Morgan fingerprint density at radius 2 is 1.77 bits per heavy atom. The number of carboxylic acid groups (broad SMARTS) is 1. The van der Waals surface area contributed by atoms with Crippen LogP contribution in [-0.2, 0) is 11.3 Å². The Morgan fingerprint density at radius 1 is 1.00 bits per heavy atom. The van der Waals surface area contributed by atoms with Crippen LogP contribution in [-0.4, -0.2) is 46.3 Å². The Kier molecular flexibility index (Phi) is 7.27. The first-order valence-corrected chi connectivity index (χ1v) is 11.5. The third-order valence-corrected chi connectivity index (χ3v) is 5.78. The SMILES string of the molecule is CCOc1cc(-c2nc(-c3ccc(CN(C)CC(=O)O)cc3C)no2)ccc1-c1ccccc1C. The summed E-state index contributed by atoms with van der Waals surface area (Å²) in [5, 5.41) is 13.2. The Balaban J connectivity index is 1.60. The van der Waals surface area contributed by atoms with Crippen LogP contribution in [0.1, 0.15) is 23.6 Å². The lowest BCUT2D eigenvalue weighted by atomic mass is 9.98. The molecule has 0 aliphatic rings. The highest BCUT2D eigenvalue weighted by Gasteiger charge is 2.16. The van der Waals surface area contributed by atoms with Crippen molar-refractivity contribution in [2.45, 2.75) is 27.3 Å². The summed E-state index contributed by atoms with van der Waals surface area (Å²) in [5.74, 6) is 0.843. The number of hydrogen-bond acceptors (Lipinski definition) is 6. The highest BCUT2D eigenvalue weighted by Crippen LogP contribution is 2.36. The van der Waals surface area contributed by atoms with Crippen molar-refractivity contribution in [3.8, 4) is 39.7 Å². The molecule has 3 aromatic carbocycles. The van der Waals surface area contributed by atoms with E-state index in [2.05, 4.69) is 29.2 Å². The van der Waals surface area contributed by atoms with Crippen molar-refractivity contribution in [2.75, 3.05) is 20.2 Å². The van der Waals surface area contributed by atoms with Crippen LogP contribution in [0.15, 0.2) is 65.2 Å². The average Bonchev–Trinajstić information content (AvgIpc) is 3.29. The van der Waals surface area contributed by atoms with E-state index in [0.29, 0.717) is 24.9 Å². The molecule has 4 aromatic rings. The maximum Gasteiger partial charge on any atom is 0.317 e. The number of carboxylic acids is 1. The second-order valence-electron chi connectivity index (χ2n) is 8.60. The van der Waals surface area contributed by atoms with Gasteiger partial charge in [-0.1, -0.05) is 47.6 Å². The van der Waals surface area contributed by atoms with Gasteiger partial charge in [-0.2, -0.15) is 4.98 Å². The lowest BCUT2D eigenvalue weighted by Gasteiger charge is -2.14. The third-order valence-electron chi connectivity index (χ3n) is 5.78. The van der Waals surface area contributed by atoms with E-state index >= 15 is 0 Å². The lowest BCUT2D eigenvalue weighted by Crippen LogP contribution is -2.25. The number of aromatic nitrogens is 2. The third kappa shape index (κ3) is 5.58. The van der Waals surface area contributed by atoms with E-state index in [1.54, 1.807) is 11.9 Å². The smallest absolute Gasteiger partial charge is 0.317 e. The van der Waals surface area contributed by atoms with E-state index in [-0.39, 0.29) is 6.54 Å². The van der Waals surface area contributed by atoms with Gasteiger partial charge in [-0.05, 0) is 68.3 Å². The van der Waals surface area contributed by atoms with Crippen LogP contribution in [0.2, 0.25) is 0 Å². The van der Waals surface area contributed by atoms with E-state index in [1.165, 1.54) is 5.56 Å². The zero-order valence-corrected chi connectivity index (χ0v) is 20.4. The standard InChI is InChI=1S/C28H29N3O4/c1-5-34-25-15-21(11-13-24(25)22-9-7-6-8-18(22)2)28-29-27(30-35-28)23-12-10-20(14-19(23)3)16-31(4)17-26(32)33/h6-15H,5,16-17H2,1-4H3,(H,32,33). The molecule has 180 valence electrons. The number of aliphatic carboxylic acids is 1. The van der Waals surface area contributed by atoms with Gasteiger partial charge in [0.1, 0.15) is 5.75 Å². The molecule has 0 radical (unpaired) electrons. The molecule has 4 rings (SSSR count). The zero-order valence-electron chi connectivity index (χ0n) is 20.4. The van der Waals surface area contributed by atoms with Gasteiger partial charge in [0.25, 0.3) is 5.89 Å². The van der Waals surface area contributed by atoms with Crippen molar-refractivity contribution in [3.05, 3.63) is 77.4 Å². The molecule has 0 fully saturated rings. The van der Waals surface area contributed by atoms with E-state index in [4.69, 9.17) is 14.4 Å². The number of rotatable bonds is 9. The van der Waals surface area contributed by atoms with Crippen molar-refractivity contribution >= 4 is 5.97 Å². The van der Waals surface area contributed by atoms with Crippen molar-refractivity contribution < 1.29 is 19.2 Å². The minimum atomic E-state index is -0.848. The van der Waals surface area contributed by atoms with Gasteiger partial charge < -0.3 is 14.4 Å². The summed E-state index contributed by atoms with van der Waals surface area (Å²) in [4.78, 5) is 17.3. The van der Waals surface area contributed by atoms with E-state index in [0.717, 1.165) is 39.1 Å². The molecule has 1 N–H and O–H groups in total. The largest absolute Gasteiger partial charge is 0.493 e. The number of benzene rings is 3. The fourth-order valence-corrected chi connectivity index (χ4v) is 4.15. The first-order valence-electron chi connectivity index (χ1n) is 11.5. The Hall–Kier alpha value is -3.97. The predicted molar refractivity (Wildman–Crippen MR) is 135 cm³/mol. The summed E-state index contributed by atoms with van der Waals surface area (Å²) in [6, 6.07) is 20.1. The molecular formula is C28H29N3O4. The molecule has 0 aliphatic heterocycles. The number of ether oxygens (including phenoxy) is 1. The molecule has 7 heteroatoms. The average molecular weight is 472 g/mol. The lowest BCUT2D eigenvalue weighted by molar-refractivity contribution is -0.138. The summed E-state index contributed by atoms with van der Waals surface area (Å²) in [7, 11) is 1.78. The second-order valence-corrected chi connectivity index (χ2v) is 8.60. The molecular weight excluding hydrogens is 442 g/mol. The summed E-state index contributed by atoms with van der Waals surface area (Å²) in [6.45, 7) is 7.10. The van der Waals surface area contributed by atoms with Gasteiger partial charge in [-0.3, -0.25) is 9.69 Å². The van der Waals surface area contributed by atoms with Gasteiger partial charge in [-0.15, -0.1) is 0 Å². The summed E-state index contributed by atoms with van der Waals surface area (Å²) in [6.07, 6.45) is 0. The maximum absolute atomic E-state index is 10.9. The normalized spacial score (nSPS) is 11.1. The first-order chi connectivity index (χ1) is 16.9. The van der Waals surface area contributed by atoms with Crippen LogP contribution in [0.4, 0.5) is 0 Å². The molecule has 0 bridgehead atoms. The molecule has 0 aliphatic carbocycles. The molecule has 0 atom stereocenters. The van der Waals surface area contributed by atoms with E-state index in [9.17, 15) is 4.79 Å². The van der Waals surface area contributed by atoms with Crippen molar-refractivity contribution in [3.63, 3.8) is 0 Å². The van der Waals surface area contributed by atoms with Gasteiger partial charge in [-0.25, -0.2) is 0 Å². The fraction of sp³-hybridized carbons (Fsp3) is 0.250. The van der Waals surface area contributed by atoms with Gasteiger partial charge in [0.2, 0.25) is 5.82 Å². The van der Waals surface area contributed by atoms with Crippen LogP contribution in [0, 0.1) is 13.8 Å². The van der Waals surface area contributed by atoms with Crippen LogP contribution in [0.25, 0.3) is 34.0 Å². The van der Waals surface area contributed by atoms with Crippen LogP contribution in [0.5, 0.6) is 5.75 Å². The number of aryl methyl sites for hydroxylation is 2. The van der Waals surface area contributed by atoms with Crippen molar-refractivity contribution in [1.29, 1.82) is 0 Å². The second kappa shape index (κ2) is 10.5. The van der Waals surface area contributed by atoms with E-state index < -0.39 is 5.97 Å². The number of nitrogens with zero attached hydrogens (tertiary/aromatic N) is 3. The highest BCUT2D eigenvalue weighted by molar-refractivity contribution is 5.76. The van der Waals surface area contributed by atoms with Crippen LogP contribution >= 0.6 is 0 Å². The number of likely N-dealkylation sites (N-methyl/N-ethyl adjacent to an activating group) is 1. The van der Waals surface area contributed by atoms with Crippen LogP contribution < -0.4 is 4.74 Å². The van der Waals surface area contributed by atoms with Gasteiger partial charge in [0.15, 0.2) is 0 Å². The zero-order chi connectivity index (χ0) is 24.9. The Morgan fingerprint density at radius 3 is 2.49 bits per heavy atom. The molecule has 0 saturated carbocycles. The van der Waals surface area contributed by atoms with Gasteiger partial charge >= 0.3 is 5.97 Å². The van der Waals surface area contributed by atoms with Crippen LogP contribution in [0.3, 0.4) is 0 Å². The minimum Gasteiger partial charge on any atom is -0.493 e. The molecule has 1 aromatic heterocycles. The summed E-state index contributed by atoms with van der Waals surface area (Å²) in [5.41, 5.74) is 6.98. The van der Waals surface area contributed by atoms with Gasteiger partial charge in [0, 0.05) is 23.2 Å². The van der Waals surface area contributed by atoms with E-state index in [1.807, 2.05) is 62.4 Å². The monoisotopic (exact) mass is 471 g/mol. The topological polar surface area (TPSA) is 88.7 Å². The molecule has 35 heavy (non-hydrogen) atoms. The fourth-order valence-electron chi connectivity index (χ4n) is 4.15. The summed E-state index contributed by atoms with van der Waals surface area (Å²) < 4.78 is 11.6. The first kappa shape index (κ1) is 24.2. The highest BCUT2D eigenvalue weighted by atomic mass is 16.5. The summed E-state index contributed by atoms with van der Waals surface area (Å²) >= 11 is 0. The van der Waals surface area contributed by atoms with Crippen molar-refractivity contribution in [2.24, 2.45) is 0 Å². The maximum atomic E-state index is 10.9. The molecule has 0 saturated heterocycles. The molecule has 7 nitrogen and oxygen atoms in total. The Labute approximate surface area is 205 Å². The molecule has 1 heterocycles. The molecule has 0 amide bonds.